The lowest BCUT2D eigenvalue weighted by Crippen LogP contribution is -2.41. The van der Waals surface area contributed by atoms with Gasteiger partial charge in [0.15, 0.2) is 28.0 Å². The Morgan fingerprint density at radius 3 is 2.20 bits per heavy atom. The Hall–Kier alpha value is -4.05. The van der Waals surface area contributed by atoms with E-state index in [2.05, 4.69) is 15.8 Å². The summed E-state index contributed by atoms with van der Waals surface area (Å²) in [5.41, 5.74) is 5.85. The van der Waals surface area contributed by atoms with Gasteiger partial charge in [0.1, 0.15) is 0 Å². The van der Waals surface area contributed by atoms with Gasteiger partial charge in [-0.15, -0.1) is 11.3 Å². The molecule has 0 saturated carbocycles. The van der Waals surface area contributed by atoms with Crippen molar-refractivity contribution in [3.8, 4) is 28.0 Å². The van der Waals surface area contributed by atoms with Crippen LogP contribution in [0.2, 0.25) is 0 Å². The van der Waals surface area contributed by atoms with Gasteiger partial charge in [0.05, 0.1) is 30.0 Å². The van der Waals surface area contributed by atoms with Crippen molar-refractivity contribution in [3.05, 3.63) is 59.9 Å². The van der Waals surface area contributed by atoms with Gasteiger partial charge in [-0.1, -0.05) is 12.1 Å². The van der Waals surface area contributed by atoms with Gasteiger partial charge >= 0.3 is 5.91 Å². The zero-order valence-electron chi connectivity index (χ0n) is 19.5. The molecule has 0 bridgehead atoms. The topological polar surface area (TPSA) is 112 Å². The number of hydrazine groups is 1. The van der Waals surface area contributed by atoms with E-state index in [1.165, 1.54) is 29.5 Å². The summed E-state index contributed by atoms with van der Waals surface area (Å²) in [7, 11) is 0. The van der Waals surface area contributed by atoms with Gasteiger partial charge in [0.2, 0.25) is 5.75 Å². The summed E-state index contributed by atoms with van der Waals surface area (Å²) in [5, 5.41) is 0.663. The smallest absolute Gasteiger partial charge is 0.305 e. The first-order valence-electron chi connectivity index (χ1n) is 11.2. The Kier molecular flexibility index (Phi) is 7.51. The largest absolute Gasteiger partial charge is 0.490 e. The number of aromatic nitrogens is 1. The number of fused-ring (bicyclic) bond motifs is 1. The Labute approximate surface area is 206 Å². The Morgan fingerprint density at radius 2 is 1.54 bits per heavy atom. The highest BCUT2D eigenvalue weighted by Crippen LogP contribution is 2.39. The fourth-order valence-corrected chi connectivity index (χ4v) is 4.25. The molecule has 2 aromatic heterocycles. The van der Waals surface area contributed by atoms with Gasteiger partial charge in [-0.25, -0.2) is 4.98 Å². The molecule has 0 aliphatic rings. The summed E-state index contributed by atoms with van der Waals surface area (Å²) in [5.74, 6) is 0.530. The van der Waals surface area contributed by atoms with Crippen LogP contribution in [0.1, 0.15) is 41.7 Å². The number of nitrogens with one attached hydrogen (secondary N) is 2. The number of amides is 2. The number of furan rings is 1. The predicted octanol–water partition coefficient (Wildman–Crippen LogP) is 4.83. The second-order valence-electron chi connectivity index (χ2n) is 7.16. The van der Waals surface area contributed by atoms with Crippen molar-refractivity contribution in [1.82, 2.24) is 15.8 Å². The summed E-state index contributed by atoms with van der Waals surface area (Å²) in [6, 6.07) is 14.0. The molecule has 0 radical (unpaired) electrons. The zero-order chi connectivity index (χ0) is 24.8. The molecule has 0 spiro atoms. The summed E-state index contributed by atoms with van der Waals surface area (Å²) < 4.78 is 23.6. The number of thiazole rings is 1. The van der Waals surface area contributed by atoms with Crippen molar-refractivity contribution in [2.45, 2.75) is 20.8 Å². The number of carbonyl (C=O) groups is 2. The fourth-order valence-electron chi connectivity index (χ4n) is 3.32. The summed E-state index contributed by atoms with van der Waals surface area (Å²) in [6.45, 7) is 6.66. The van der Waals surface area contributed by atoms with Crippen molar-refractivity contribution in [2.75, 3.05) is 19.8 Å². The standard InChI is InChI=1S/C25H25N3O6S/c1-4-31-19-13-15(14-20(32-5-2)22(19)33-6-3)23(29)27-28-24(30)17-11-12-18(34-17)25-26-16-9-7-8-10-21(16)35-25/h7-14H,4-6H2,1-3H3,(H,27,29)(H,28,30). The van der Waals surface area contributed by atoms with E-state index in [0.717, 1.165) is 10.2 Å². The monoisotopic (exact) mass is 495 g/mol. The molecule has 0 fully saturated rings. The van der Waals surface area contributed by atoms with Gasteiger partial charge < -0.3 is 18.6 Å². The number of carbonyl (C=O) groups excluding carboxylic acids is 2. The van der Waals surface area contributed by atoms with Gasteiger partial charge in [0, 0.05) is 5.56 Å². The molecule has 0 atom stereocenters. The van der Waals surface area contributed by atoms with Crippen molar-refractivity contribution in [1.29, 1.82) is 0 Å². The summed E-state index contributed by atoms with van der Waals surface area (Å²) >= 11 is 1.47. The molecule has 35 heavy (non-hydrogen) atoms. The van der Waals surface area contributed by atoms with Crippen molar-refractivity contribution in [2.24, 2.45) is 0 Å². The number of nitrogens with zero attached hydrogens (tertiary/aromatic N) is 1. The average molecular weight is 496 g/mol. The molecule has 2 amide bonds. The Morgan fingerprint density at radius 1 is 0.886 bits per heavy atom. The lowest BCUT2D eigenvalue weighted by Gasteiger charge is -2.17. The molecule has 10 heteroatoms. The number of hydrogen-bond acceptors (Lipinski definition) is 8. The lowest BCUT2D eigenvalue weighted by atomic mass is 10.1. The molecule has 0 saturated heterocycles. The normalized spacial score (nSPS) is 10.7. The molecule has 0 unspecified atom stereocenters. The molecule has 2 N–H and O–H groups in total. The minimum atomic E-state index is -0.605. The van der Waals surface area contributed by atoms with Gasteiger partial charge in [0.25, 0.3) is 5.91 Å². The van der Waals surface area contributed by atoms with Crippen LogP contribution in [-0.4, -0.2) is 36.6 Å². The van der Waals surface area contributed by atoms with E-state index in [1.807, 2.05) is 45.0 Å². The maximum Gasteiger partial charge on any atom is 0.305 e. The van der Waals surface area contributed by atoms with Crippen LogP contribution in [-0.2, 0) is 0 Å². The molecule has 0 aliphatic carbocycles. The second kappa shape index (κ2) is 10.9. The molecule has 0 aliphatic heterocycles. The highest BCUT2D eigenvalue weighted by Gasteiger charge is 2.20. The van der Waals surface area contributed by atoms with Crippen LogP contribution >= 0.6 is 11.3 Å². The first kappa shape index (κ1) is 24.1. The minimum absolute atomic E-state index is 0.0382. The third-order valence-electron chi connectivity index (χ3n) is 4.80. The SMILES string of the molecule is CCOc1cc(C(=O)NNC(=O)c2ccc(-c3nc4ccccc4s3)o2)cc(OCC)c1OCC. The third kappa shape index (κ3) is 5.38. The van der Waals surface area contributed by atoms with E-state index in [-0.39, 0.29) is 11.3 Å². The maximum absolute atomic E-state index is 12.8. The number of rotatable bonds is 9. The first-order chi connectivity index (χ1) is 17.0. The van der Waals surface area contributed by atoms with Crippen molar-refractivity contribution < 1.29 is 28.2 Å². The van der Waals surface area contributed by atoms with Crippen LogP contribution in [0.15, 0.2) is 52.9 Å². The fraction of sp³-hybridized carbons (Fsp3) is 0.240. The number of hydrogen-bond donors (Lipinski definition) is 2. The quantitative estimate of drug-likeness (QED) is 0.320. The van der Waals surface area contributed by atoms with Crippen LogP contribution in [0.3, 0.4) is 0 Å². The Bertz CT molecular complexity index is 1290. The number of para-hydroxylation sites is 1. The van der Waals surface area contributed by atoms with Gasteiger partial charge in [-0.3, -0.25) is 20.4 Å². The predicted molar refractivity (Wildman–Crippen MR) is 132 cm³/mol. The Balaban J connectivity index is 1.47. The van der Waals surface area contributed by atoms with E-state index >= 15 is 0 Å². The van der Waals surface area contributed by atoms with E-state index in [0.29, 0.717) is 47.8 Å². The molecule has 2 heterocycles. The van der Waals surface area contributed by atoms with E-state index in [4.69, 9.17) is 18.6 Å². The first-order valence-corrected chi connectivity index (χ1v) is 12.0. The van der Waals surface area contributed by atoms with Crippen LogP contribution in [0, 0.1) is 0 Å². The average Bonchev–Trinajstić information content (AvgIpc) is 3.52. The van der Waals surface area contributed by atoms with E-state index in [1.54, 1.807) is 6.07 Å². The van der Waals surface area contributed by atoms with Gasteiger partial charge in [-0.2, -0.15) is 0 Å². The molecule has 4 aromatic rings. The number of ether oxygens (including phenoxy) is 3. The van der Waals surface area contributed by atoms with Crippen LogP contribution in [0.5, 0.6) is 17.2 Å². The maximum atomic E-state index is 12.8. The van der Waals surface area contributed by atoms with Crippen LogP contribution < -0.4 is 25.1 Å². The highest BCUT2D eigenvalue weighted by molar-refractivity contribution is 7.21. The molecule has 2 aromatic carbocycles. The third-order valence-corrected chi connectivity index (χ3v) is 5.85. The molecular formula is C25H25N3O6S. The minimum Gasteiger partial charge on any atom is -0.490 e. The van der Waals surface area contributed by atoms with Crippen molar-refractivity contribution >= 4 is 33.4 Å². The molecular weight excluding hydrogens is 470 g/mol. The summed E-state index contributed by atoms with van der Waals surface area (Å²) in [6.07, 6.45) is 0. The lowest BCUT2D eigenvalue weighted by molar-refractivity contribution is 0.0831. The van der Waals surface area contributed by atoms with E-state index < -0.39 is 11.8 Å². The van der Waals surface area contributed by atoms with Crippen molar-refractivity contribution in [3.63, 3.8) is 0 Å². The molecule has 4 rings (SSSR count). The van der Waals surface area contributed by atoms with Gasteiger partial charge in [-0.05, 0) is 57.2 Å². The highest BCUT2D eigenvalue weighted by atomic mass is 32.1. The second-order valence-corrected chi connectivity index (χ2v) is 8.19. The molecule has 9 nitrogen and oxygen atoms in total. The van der Waals surface area contributed by atoms with Crippen LogP contribution in [0.25, 0.3) is 21.0 Å². The number of benzene rings is 2. The zero-order valence-corrected chi connectivity index (χ0v) is 20.4. The van der Waals surface area contributed by atoms with E-state index in [9.17, 15) is 9.59 Å². The van der Waals surface area contributed by atoms with Crippen LogP contribution in [0.4, 0.5) is 0 Å². The molecule has 182 valence electrons. The summed E-state index contributed by atoms with van der Waals surface area (Å²) in [4.78, 5) is 29.9.